The molecule has 0 spiro atoms. The molecule has 138 valence electrons. The third kappa shape index (κ3) is 4.23. The van der Waals surface area contributed by atoms with E-state index in [9.17, 15) is 9.18 Å². The van der Waals surface area contributed by atoms with Crippen LogP contribution in [0.2, 0.25) is 0 Å². The molecule has 0 radical (unpaired) electrons. The molecule has 1 amide bonds. The van der Waals surface area contributed by atoms with E-state index >= 15 is 0 Å². The Morgan fingerprint density at radius 2 is 1.93 bits per heavy atom. The summed E-state index contributed by atoms with van der Waals surface area (Å²) in [4.78, 5) is 23.1. The molecule has 3 heterocycles. The van der Waals surface area contributed by atoms with Crippen LogP contribution in [0.25, 0.3) is 10.4 Å². The van der Waals surface area contributed by atoms with Crippen molar-refractivity contribution in [3.63, 3.8) is 0 Å². The summed E-state index contributed by atoms with van der Waals surface area (Å²) in [6, 6.07) is 14.5. The molecule has 2 aromatic heterocycles. The van der Waals surface area contributed by atoms with Crippen molar-refractivity contribution in [2.75, 3.05) is 26.2 Å². The highest BCUT2D eigenvalue weighted by Crippen LogP contribution is 2.29. The first-order valence-corrected chi connectivity index (χ1v) is 9.77. The number of hydrogen-bond acceptors (Lipinski definition) is 4. The number of halogens is 1. The number of rotatable bonds is 4. The fourth-order valence-electron chi connectivity index (χ4n) is 3.26. The standard InChI is InChI=1S/C21H20FN3OS/c22-18-5-1-3-16(13-18)20-7-6-19(27-20)15-24-9-11-25(12-10-24)21(26)17-4-2-8-23-14-17/h1-8,13-14H,9-12,15H2. The average molecular weight is 381 g/mol. The Bertz CT molecular complexity index is 920. The second kappa shape index (κ2) is 7.98. The van der Waals surface area contributed by atoms with E-state index in [4.69, 9.17) is 0 Å². The zero-order valence-electron chi connectivity index (χ0n) is 14.8. The highest BCUT2D eigenvalue weighted by atomic mass is 32.1. The van der Waals surface area contributed by atoms with Crippen molar-refractivity contribution in [1.29, 1.82) is 0 Å². The monoisotopic (exact) mass is 381 g/mol. The van der Waals surface area contributed by atoms with Gasteiger partial charge in [0.05, 0.1) is 5.56 Å². The van der Waals surface area contributed by atoms with Crippen LogP contribution in [0.15, 0.2) is 60.9 Å². The zero-order valence-corrected chi connectivity index (χ0v) is 15.7. The number of thiophene rings is 1. The van der Waals surface area contributed by atoms with Crippen molar-refractivity contribution in [2.24, 2.45) is 0 Å². The summed E-state index contributed by atoms with van der Waals surface area (Å²) >= 11 is 1.70. The Labute approximate surface area is 161 Å². The Hall–Kier alpha value is -2.57. The van der Waals surface area contributed by atoms with Crippen LogP contribution in [0.5, 0.6) is 0 Å². The number of nitrogens with zero attached hydrogens (tertiary/aromatic N) is 3. The van der Waals surface area contributed by atoms with E-state index in [2.05, 4.69) is 22.0 Å². The predicted molar refractivity (Wildman–Crippen MR) is 105 cm³/mol. The van der Waals surface area contributed by atoms with Crippen LogP contribution in [0, 0.1) is 5.82 Å². The van der Waals surface area contributed by atoms with Crippen molar-refractivity contribution in [2.45, 2.75) is 6.54 Å². The van der Waals surface area contributed by atoms with Gasteiger partial charge in [0.1, 0.15) is 5.82 Å². The highest BCUT2D eigenvalue weighted by Gasteiger charge is 2.22. The van der Waals surface area contributed by atoms with Crippen LogP contribution < -0.4 is 0 Å². The molecule has 0 N–H and O–H groups in total. The van der Waals surface area contributed by atoms with Gasteiger partial charge in [0.15, 0.2) is 0 Å². The maximum Gasteiger partial charge on any atom is 0.255 e. The van der Waals surface area contributed by atoms with E-state index in [0.717, 1.165) is 43.2 Å². The molecule has 4 nitrogen and oxygen atoms in total. The lowest BCUT2D eigenvalue weighted by atomic mass is 10.2. The largest absolute Gasteiger partial charge is 0.336 e. The van der Waals surface area contributed by atoms with Crippen LogP contribution in [0.4, 0.5) is 4.39 Å². The normalized spacial score (nSPS) is 15.1. The first-order valence-electron chi connectivity index (χ1n) is 8.95. The van der Waals surface area contributed by atoms with Gasteiger partial charge in [-0.1, -0.05) is 12.1 Å². The lowest BCUT2D eigenvalue weighted by Crippen LogP contribution is -2.48. The van der Waals surface area contributed by atoms with Gasteiger partial charge >= 0.3 is 0 Å². The number of piperazine rings is 1. The molecule has 27 heavy (non-hydrogen) atoms. The highest BCUT2D eigenvalue weighted by molar-refractivity contribution is 7.15. The Kier molecular flexibility index (Phi) is 5.27. The summed E-state index contributed by atoms with van der Waals surface area (Å²) in [6.45, 7) is 3.99. The predicted octanol–water partition coefficient (Wildman–Crippen LogP) is 3.91. The van der Waals surface area contributed by atoms with Gasteiger partial charge in [0.25, 0.3) is 5.91 Å². The van der Waals surface area contributed by atoms with E-state index in [-0.39, 0.29) is 11.7 Å². The van der Waals surface area contributed by atoms with Gasteiger partial charge in [0.2, 0.25) is 0 Å². The third-order valence-electron chi connectivity index (χ3n) is 4.72. The van der Waals surface area contributed by atoms with Gasteiger partial charge in [0, 0.05) is 54.9 Å². The lowest BCUT2D eigenvalue weighted by Gasteiger charge is -2.34. The smallest absolute Gasteiger partial charge is 0.255 e. The van der Waals surface area contributed by atoms with E-state index in [1.807, 2.05) is 11.0 Å². The molecule has 4 rings (SSSR count). The van der Waals surface area contributed by atoms with Crippen LogP contribution in [-0.2, 0) is 6.54 Å². The summed E-state index contributed by atoms with van der Waals surface area (Å²) in [7, 11) is 0. The van der Waals surface area contributed by atoms with Crippen molar-refractivity contribution >= 4 is 17.2 Å². The van der Waals surface area contributed by atoms with E-state index < -0.39 is 0 Å². The second-order valence-corrected chi connectivity index (χ2v) is 7.75. The molecule has 0 saturated carbocycles. The van der Waals surface area contributed by atoms with Crippen LogP contribution >= 0.6 is 11.3 Å². The summed E-state index contributed by atoms with van der Waals surface area (Å²) in [5.41, 5.74) is 1.56. The van der Waals surface area contributed by atoms with Gasteiger partial charge in [-0.25, -0.2) is 4.39 Å². The quantitative estimate of drug-likeness (QED) is 0.688. The van der Waals surface area contributed by atoms with E-state index in [1.165, 1.54) is 10.9 Å². The number of hydrogen-bond donors (Lipinski definition) is 0. The molecule has 0 bridgehead atoms. The number of carbonyl (C=O) groups is 1. The summed E-state index contributed by atoms with van der Waals surface area (Å²) in [6.07, 6.45) is 3.29. The maximum absolute atomic E-state index is 13.4. The minimum atomic E-state index is -0.211. The molecule has 6 heteroatoms. The molecule has 0 atom stereocenters. The molecular weight excluding hydrogens is 361 g/mol. The van der Waals surface area contributed by atoms with Gasteiger partial charge in [-0.2, -0.15) is 0 Å². The molecule has 1 aromatic carbocycles. The van der Waals surface area contributed by atoms with Gasteiger partial charge in [-0.3, -0.25) is 14.7 Å². The van der Waals surface area contributed by atoms with Crippen molar-refractivity contribution < 1.29 is 9.18 Å². The van der Waals surface area contributed by atoms with Crippen molar-refractivity contribution in [1.82, 2.24) is 14.8 Å². The van der Waals surface area contributed by atoms with Gasteiger partial charge in [-0.15, -0.1) is 11.3 Å². The molecule has 1 aliphatic rings. The summed E-state index contributed by atoms with van der Waals surface area (Å²) in [5, 5.41) is 0. The summed E-state index contributed by atoms with van der Waals surface area (Å²) in [5.74, 6) is -0.163. The number of carbonyl (C=O) groups excluding carboxylic acids is 1. The molecule has 1 fully saturated rings. The average Bonchev–Trinajstić information content (AvgIpc) is 3.17. The third-order valence-corrected chi connectivity index (χ3v) is 5.84. The second-order valence-electron chi connectivity index (χ2n) is 6.59. The number of pyridine rings is 1. The first kappa shape index (κ1) is 17.8. The van der Waals surface area contributed by atoms with Crippen molar-refractivity contribution in [3.8, 4) is 10.4 Å². The minimum Gasteiger partial charge on any atom is -0.336 e. The fourth-order valence-corrected chi connectivity index (χ4v) is 4.31. The lowest BCUT2D eigenvalue weighted by molar-refractivity contribution is 0.0629. The molecule has 1 aliphatic heterocycles. The number of amides is 1. The van der Waals surface area contributed by atoms with Crippen molar-refractivity contribution in [3.05, 3.63) is 77.2 Å². The minimum absolute atomic E-state index is 0.0484. The Morgan fingerprint density at radius 1 is 1.07 bits per heavy atom. The maximum atomic E-state index is 13.4. The SMILES string of the molecule is O=C(c1cccnc1)N1CCN(Cc2ccc(-c3cccc(F)c3)s2)CC1. The number of benzene rings is 1. The molecule has 0 unspecified atom stereocenters. The van der Waals surface area contributed by atoms with Gasteiger partial charge in [-0.05, 0) is 42.0 Å². The van der Waals surface area contributed by atoms with Crippen LogP contribution in [0.1, 0.15) is 15.2 Å². The van der Waals surface area contributed by atoms with Crippen LogP contribution in [0.3, 0.4) is 0 Å². The Morgan fingerprint density at radius 3 is 2.67 bits per heavy atom. The van der Waals surface area contributed by atoms with Gasteiger partial charge < -0.3 is 4.90 Å². The molecular formula is C21H20FN3OS. The Balaban J connectivity index is 1.34. The fraction of sp³-hybridized carbons (Fsp3) is 0.238. The van der Waals surface area contributed by atoms with Crippen LogP contribution in [-0.4, -0.2) is 46.9 Å². The molecule has 3 aromatic rings. The van der Waals surface area contributed by atoms with E-state index in [1.54, 1.807) is 48.0 Å². The first-order chi connectivity index (χ1) is 13.2. The molecule has 1 saturated heterocycles. The zero-order chi connectivity index (χ0) is 18.6. The topological polar surface area (TPSA) is 36.4 Å². The molecule has 0 aliphatic carbocycles. The number of aromatic nitrogens is 1. The van der Waals surface area contributed by atoms with E-state index in [0.29, 0.717) is 5.56 Å². The summed E-state index contributed by atoms with van der Waals surface area (Å²) < 4.78 is 13.4.